The lowest BCUT2D eigenvalue weighted by atomic mass is 10.2. The van der Waals surface area contributed by atoms with Crippen LogP contribution in [0.3, 0.4) is 0 Å². The maximum Gasteiger partial charge on any atom is 0.387 e. The van der Waals surface area contributed by atoms with Crippen molar-refractivity contribution in [3.63, 3.8) is 0 Å². The fourth-order valence-corrected chi connectivity index (χ4v) is 2.01. The van der Waals surface area contributed by atoms with Gasteiger partial charge >= 0.3 is 6.61 Å². The van der Waals surface area contributed by atoms with Crippen LogP contribution in [0.5, 0.6) is 11.5 Å². The number of aliphatic imine (C=N–C) groups is 1. The van der Waals surface area contributed by atoms with E-state index in [0.717, 1.165) is 0 Å². The lowest BCUT2D eigenvalue weighted by Crippen LogP contribution is -2.36. The molecule has 144 valence electrons. The smallest absolute Gasteiger partial charge is 0.387 e. The molecule has 0 atom stereocenters. The number of nitrogens with one attached hydrogen (secondary N) is 2. The zero-order valence-electron chi connectivity index (χ0n) is 14.5. The zero-order chi connectivity index (χ0) is 18.2. The zero-order valence-corrected chi connectivity index (χ0v) is 16.8. The van der Waals surface area contributed by atoms with Crippen LogP contribution in [0.4, 0.5) is 8.78 Å². The minimum absolute atomic E-state index is 0. The summed E-state index contributed by atoms with van der Waals surface area (Å²) in [6, 6.07) is 4.59. The van der Waals surface area contributed by atoms with Gasteiger partial charge < -0.3 is 24.6 Å². The summed E-state index contributed by atoms with van der Waals surface area (Å²) < 4.78 is 39.6. The summed E-state index contributed by atoms with van der Waals surface area (Å²) in [6.07, 6.45) is 0. The number of rotatable bonds is 7. The Balaban J connectivity index is 0.00000338. The molecule has 1 heterocycles. The molecule has 2 aromatic rings. The van der Waals surface area contributed by atoms with Gasteiger partial charge in [-0.3, -0.25) is 4.99 Å². The number of guanidine groups is 1. The first-order chi connectivity index (χ1) is 12.0. The first-order valence-electron chi connectivity index (χ1n) is 7.37. The highest BCUT2D eigenvalue weighted by Gasteiger charge is 2.12. The van der Waals surface area contributed by atoms with E-state index in [0.29, 0.717) is 35.5 Å². The van der Waals surface area contributed by atoms with Crippen LogP contribution in [0.1, 0.15) is 17.3 Å². The van der Waals surface area contributed by atoms with Gasteiger partial charge in [-0.2, -0.15) is 13.8 Å². The third-order valence-electron chi connectivity index (χ3n) is 3.14. The van der Waals surface area contributed by atoms with Gasteiger partial charge in [0, 0.05) is 26.1 Å². The first kappa shape index (κ1) is 21.9. The summed E-state index contributed by atoms with van der Waals surface area (Å²) in [6.45, 7) is -0.720. The number of aromatic nitrogens is 2. The van der Waals surface area contributed by atoms with Gasteiger partial charge in [-0.25, -0.2) is 0 Å². The number of halogens is 3. The van der Waals surface area contributed by atoms with Crippen molar-refractivity contribution in [3.05, 3.63) is 35.5 Å². The Morgan fingerprint density at radius 2 is 2.04 bits per heavy atom. The molecular weight excluding hydrogens is 463 g/mol. The fourth-order valence-electron chi connectivity index (χ4n) is 2.01. The molecule has 0 aliphatic heterocycles. The molecule has 1 aromatic heterocycles. The topological polar surface area (TPSA) is 93.8 Å². The van der Waals surface area contributed by atoms with Crippen molar-refractivity contribution in [2.24, 2.45) is 4.99 Å². The standard InChI is InChI=1S/C15H19F2N5O3.HI/c1-9-21-13(22-25-9)8-20-15(18-2)19-7-10-6-11(23-3)4-5-12(10)24-14(16)17;/h4-6,14H,7-8H2,1-3H3,(H2,18,19,20);1H. The van der Waals surface area contributed by atoms with Crippen LogP contribution >= 0.6 is 24.0 Å². The van der Waals surface area contributed by atoms with Crippen molar-refractivity contribution in [2.45, 2.75) is 26.6 Å². The largest absolute Gasteiger partial charge is 0.497 e. The second kappa shape index (κ2) is 10.7. The van der Waals surface area contributed by atoms with E-state index in [-0.39, 0.29) is 36.3 Å². The molecule has 0 saturated heterocycles. The average molecular weight is 483 g/mol. The van der Waals surface area contributed by atoms with E-state index in [1.807, 2.05) is 0 Å². The third kappa shape index (κ3) is 6.61. The highest BCUT2D eigenvalue weighted by atomic mass is 127. The Morgan fingerprint density at radius 3 is 2.62 bits per heavy atom. The average Bonchev–Trinajstić information content (AvgIpc) is 3.01. The molecule has 0 saturated carbocycles. The van der Waals surface area contributed by atoms with Crippen LogP contribution in [-0.4, -0.2) is 36.9 Å². The van der Waals surface area contributed by atoms with E-state index in [1.54, 1.807) is 26.1 Å². The van der Waals surface area contributed by atoms with Crippen LogP contribution < -0.4 is 20.1 Å². The van der Waals surface area contributed by atoms with Gasteiger partial charge in [0.2, 0.25) is 5.89 Å². The summed E-state index contributed by atoms with van der Waals surface area (Å²) in [5.41, 5.74) is 0.498. The Labute approximate surface area is 166 Å². The molecule has 1 aromatic carbocycles. The highest BCUT2D eigenvalue weighted by Crippen LogP contribution is 2.25. The number of ether oxygens (including phenoxy) is 2. The van der Waals surface area contributed by atoms with Crippen molar-refractivity contribution in [3.8, 4) is 11.5 Å². The third-order valence-corrected chi connectivity index (χ3v) is 3.14. The molecule has 11 heteroatoms. The van der Waals surface area contributed by atoms with Gasteiger partial charge in [-0.15, -0.1) is 24.0 Å². The number of hydrogen-bond acceptors (Lipinski definition) is 6. The number of hydrogen-bond donors (Lipinski definition) is 2. The second-order valence-corrected chi connectivity index (χ2v) is 4.86. The summed E-state index contributed by atoms with van der Waals surface area (Å²) in [5.74, 6) is 1.97. The number of benzene rings is 1. The SMILES string of the molecule is CN=C(NCc1noc(C)n1)NCc1cc(OC)ccc1OC(F)F.I. The molecule has 0 aliphatic carbocycles. The van der Waals surface area contributed by atoms with Gasteiger partial charge in [0.1, 0.15) is 11.5 Å². The molecule has 2 N–H and O–H groups in total. The molecule has 26 heavy (non-hydrogen) atoms. The molecule has 2 rings (SSSR count). The number of methoxy groups -OCH3 is 1. The van der Waals surface area contributed by atoms with Gasteiger partial charge in [0.15, 0.2) is 11.8 Å². The molecule has 0 aliphatic rings. The minimum Gasteiger partial charge on any atom is -0.497 e. The summed E-state index contributed by atoms with van der Waals surface area (Å²) in [4.78, 5) is 8.11. The monoisotopic (exact) mass is 483 g/mol. The number of aryl methyl sites for hydroxylation is 1. The second-order valence-electron chi connectivity index (χ2n) is 4.86. The highest BCUT2D eigenvalue weighted by molar-refractivity contribution is 14.0. The van der Waals surface area contributed by atoms with E-state index >= 15 is 0 Å². The molecule has 0 radical (unpaired) electrons. The molecule has 8 nitrogen and oxygen atoms in total. The first-order valence-corrected chi connectivity index (χ1v) is 7.37. The summed E-state index contributed by atoms with van der Waals surface area (Å²) in [7, 11) is 3.08. The van der Waals surface area contributed by atoms with Gasteiger partial charge in [0.25, 0.3) is 0 Å². The van der Waals surface area contributed by atoms with E-state index in [1.165, 1.54) is 13.2 Å². The molecule has 0 unspecified atom stereocenters. The Morgan fingerprint density at radius 1 is 1.31 bits per heavy atom. The van der Waals surface area contributed by atoms with E-state index in [9.17, 15) is 8.78 Å². The van der Waals surface area contributed by atoms with Gasteiger partial charge in [0.05, 0.1) is 13.7 Å². The minimum atomic E-state index is -2.91. The quantitative estimate of drug-likeness (QED) is 0.355. The van der Waals surface area contributed by atoms with Crippen molar-refractivity contribution < 1.29 is 22.8 Å². The van der Waals surface area contributed by atoms with Crippen LogP contribution in [0.2, 0.25) is 0 Å². The molecular formula is C15H20F2IN5O3. The lowest BCUT2D eigenvalue weighted by Gasteiger charge is -2.15. The van der Waals surface area contributed by atoms with Crippen molar-refractivity contribution in [1.29, 1.82) is 0 Å². The predicted molar refractivity (Wildman–Crippen MR) is 101 cm³/mol. The Kier molecular flexibility index (Phi) is 9.02. The maximum atomic E-state index is 12.5. The summed E-state index contributed by atoms with van der Waals surface area (Å²) >= 11 is 0. The maximum absolute atomic E-state index is 12.5. The van der Waals surface area contributed by atoms with Crippen LogP contribution in [0.15, 0.2) is 27.7 Å². The van der Waals surface area contributed by atoms with E-state index < -0.39 is 6.61 Å². The van der Waals surface area contributed by atoms with E-state index in [4.69, 9.17) is 9.26 Å². The van der Waals surface area contributed by atoms with Gasteiger partial charge in [-0.05, 0) is 18.2 Å². The van der Waals surface area contributed by atoms with Crippen LogP contribution in [0.25, 0.3) is 0 Å². The van der Waals surface area contributed by atoms with Crippen molar-refractivity contribution in [2.75, 3.05) is 14.2 Å². The lowest BCUT2D eigenvalue weighted by molar-refractivity contribution is -0.0504. The molecule has 0 spiro atoms. The molecule has 0 amide bonds. The van der Waals surface area contributed by atoms with Crippen LogP contribution in [0, 0.1) is 6.92 Å². The van der Waals surface area contributed by atoms with Crippen LogP contribution in [-0.2, 0) is 13.1 Å². The predicted octanol–water partition coefficient (Wildman–Crippen LogP) is 2.47. The number of alkyl halides is 2. The van der Waals surface area contributed by atoms with Gasteiger partial charge in [-0.1, -0.05) is 5.16 Å². The normalized spacial score (nSPS) is 11.1. The fraction of sp³-hybridized carbons (Fsp3) is 0.400. The molecule has 0 fully saturated rings. The molecule has 0 bridgehead atoms. The van der Waals surface area contributed by atoms with Crippen molar-refractivity contribution >= 4 is 29.9 Å². The Hall–Kier alpha value is -2.18. The number of nitrogens with zero attached hydrogens (tertiary/aromatic N) is 3. The van der Waals surface area contributed by atoms with E-state index in [2.05, 4.69) is 30.5 Å². The Bertz CT molecular complexity index is 727. The summed E-state index contributed by atoms with van der Waals surface area (Å²) in [5, 5.41) is 9.75. The van der Waals surface area contributed by atoms with Crippen molar-refractivity contribution in [1.82, 2.24) is 20.8 Å².